The highest BCUT2D eigenvalue weighted by Gasteiger charge is 2.21. The summed E-state index contributed by atoms with van der Waals surface area (Å²) >= 11 is 0. The molecule has 0 saturated heterocycles. The Bertz CT molecular complexity index is 651. The Morgan fingerprint density at radius 2 is 2.00 bits per heavy atom. The Kier molecular flexibility index (Phi) is 3.83. The number of nitrogens with zero attached hydrogens (tertiary/aromatic N) is 1. The number of nitrogens with one attached hydrogen (secondary N) is 1. The van der Waals surface area contributed by atoms with Crippen molar-refractivity contribution in [2.45, 2.75) is 19.8 Å². The number of hydrogen-bond donors (Lipinski definition) is 1. The molecular weight excluding hydrogens is 266 g/mol. The number of aromatic amines is 1. The zero-order valence-corrected chi connectivity index (χ0v) is 11.3. The van der Waals surface area contributed by atoms with Crippen LogP contribution < -0.4 is 0 Å². The van der Waals surface area contributed by atoms with Crippen molar-refractivity contribution < 1.29 is 18.3 Å². The van der Waals surface area contributed by atoms with E-state index in [4.69, 9.17) is 0 Å². The SMILES string of the molecule is COC(=O)c1nc(-c2ccc(F)c(F)c2)[nH]c1C(C)C. The summed E-state index contributed by atoms with van der Waals surface area (Å²) in [6.07, 6.45) is 0. The molecule has 0 fully saturated rings. The number of aromatic nitrogens is 2. The number of rotatable bonds is 3. The van der Waals surface area contributed by atoms with E-state index in [1.54, 1.807) is 0 Å². The number of hydrogen-bond acceptors (Lipinski definition) is 3. The standard InChI is InChI=1S/C14H14F2N2O2/c1-7(2)11-12(14(19)20-3)18-13(17-11)8-4-5-9(15)10(16)6-8/h4-7H,1-3H3,(H,17,18). The summed E-state index contributed by atoms with van der Waals surface area (Å²) < 4.78 is 30.8. The van der Waals surface area contributed by atoms with Gasteiger partial charge in [-0.1, -0.05) is 13.8 Å². The van der Waals surface area contributed by atoms with E-state index in [1.165, 1.54) is 13.2 Å². The van der Waals surface area contributed by atoms with Crippen molar-refractivity contribution in [1.82, 2.24) is 9.97 Å². The minimum atomic E-state index is -0.968. The molecule has 0 aliphatic carbocycles. The van der Waals surface area contributed by atoms with Gasteiger partial charge in [-0.2, -0.15) is 0 Å². The fourth-order valence-electron chi connectivity index (χ4n) is 1.84. The van der Waals surface area contributed by atoms with Crippen LogP contribution >= 0.6 is 0 Å². The van der Waals surface area contributed by atoms with Crippen molar-refractivity contribution in [3.05, 3.63) is 41.2 Å². The summed E-state index contributed by atoms with van der Waals surface area (Å²) in [5.41, 5.74) is 1.11. The Morgan fingerprint density at radius 3 is 2.55 bits per heavy atom. The van der Waals surface area contributed by atoms with Gasteiger partial charge in [0.2, 0.25) is 0 Å². The number of methoxy groups -OCH3 is 1. The molecule has 0 amide bonds. The van der Waals surface area contributed by atoms with E-state index >= 15 is 0 Å². The molecule has 1 heterocycles. The molecule has 0 saturated carbocycles. The Morgan fingerprint density at radius 1 is 1.30 bits per heavy atom. The van der Waals surface area contributed by atoms with Gasteiger partial charge < -0.3 is 9.72 Å². The van der Waals surface area contributed by atoms with Gasteiger partial charge in [-0.15, -0.1) is 0 Å². The van der Waals surface area contributed by atoms with Gasteiger partial charge in [-0.3, -0.25) is 0 Å². The van der Waals surface area contributed by atoms with E-state index < -0.39 is 17.6 Å². The normalized spacial score (nSPS) is 10.9. The minimum absolute atomic E-state index is 0.00986. The maximum Gasteiger partial charge on any atom is 0.358 e. The lowest BCUT2D eigenvalue weighted by Crippen LogP contribution is -2.06. The van der Waals surface area contributed by atoms with Gasteiger partial charge in [0, 0.05) is 5.56 Å². The summed E-state index contributed by atoms with van der Waals surface area (Å²) in [4.78, 5) is 18.7. The van der Waals surface area contributed by atoms with Crippen molar-refractivity contribution >= 4 is 5.97 Å². The summed E-state index contributed by atoms with van der Waals surface area (Å²) in [6.45, 7) is 3.77. The molecule has 2 aromatic rings. The average Bonchev–Trinajstić information content (AvgIpc) is 2.86. The molecule has 2 rings (SSSR count). The molecule has 6 heteroatoms. The van der Waals surface area contributed by atoms with Crippen LogP contribution in [0.25, 0.3) is 11.4 Å². The summed E-state index contributed by atoms with van der Waals surface area (Å²) in [5, 5.41) is 0. The maximum absolute atomic E-state index is 13.2. The Hall–Kier alpha value is -2.24. The second kappa shape index (κ2) is 5.40. The van der Waals surface area contributed by atoms with Crippen LogP contribution in [0.5, 0.6) is 0 Å². The van der Waals surface area contributed by atoms with Gasteiger partial charge in [0.25, 0.3) is 0 Å². The van der Waals surface area contributed by atoms with Gasteiger partial charge in [0.05, 0.1) is 12.8 Å². The molecule has 4 nitrogen and oxygen atoms in total. The number of ether oxygens (including phenoxy) is 1. The quantitative estimate of drug-likeness (QED) is 0.878. The lowest BCUT2D eigenvalue weighted by atomic mass is 10.1. The van der Waals surface area contributed by atoms with E-state index in [2.05, 4.69) is 14.7 Å². The first-order valence-corrected chi connectivity index (χ1v) is 6.07. The van der Waals surface area contributed by atoms with E-state index in [-0.39, 0.29) is 11.6 Å². The molecule has 0 unspecified atom stereocenters. The van der Waals surface area contributed by atoms with Crippen LogP contribution in [0, 0.1) is 11.6 Å². The largest absolute Gasteiger partial charge is 0.464 e. The molecule has 0 aliphatic rings. The molecular formula is C14H14F2N2O2. The summed E-state index contributed by atoms with van der Waals surface area (Å²) in [7, 11) is 1.26. The predicted octanol–water partition coefficient (Wildman–Crippen LogP) is 3.26. The molecule has 0 atom stereocenters. The van der Waals surface area contributed by atoms with Gasteiger partial charge in [0.15, 0.2) is 17.3 Å². The molecule has 1 aromatic carbocycles. The van der Waals surface area contributed by atoms with Crippen LogP contribution in [0.3, 0.4) is 0 Å². The lowest BCUT2D eigenvalue weighted by molar-refractivity contribution is 0.0593. The van der Waals surface area contributed by atoms with E-state index in [0.717, 1.165) is 12.1 Å². The zero-order valence-electron chi connectivity index (χ0n) is 11.3. The molecule has 106 valence electrons. The topological polar surface area (TPSA) is 55.0 Å². The molecule has 1 N–H and O–H groups in total. The number of carbonyl (C=O) groups is 1. The van der Waals surface area contributed by atoms with Crippen molar-refractivity contribution in [3.63, 3.8) is 0 Å². The van der Waals surface area contributed by atoms with Crippen LogP contribution in [-0.4, -0.2) is 23.0 Å². The molecule has 0 bridgehead atoms. The summed E-state index contributed by atoms with van der Waals surface area (Å²) in [5.74, 6) is -2.16. The third kappa shape index (κ3) is 2.54. The van der Waals surface area contributed by atoms with Crippen LogP contribution in [-0.2, 0) is 4.74 Å². The molecule has 1 aromatic heterocycles. The van der Waals surface area contributed by atoms with Gasteiger partial charge >= 0.3 is 5.97 Å². The van der Waals surface area contributed by atoms with Crippen LogP contribution in [0.15, 0.2) is 18.2 Å². The second-order valence-corrected chi connectivity index (χ2v) is 4.62. The first-order chi connectivity index (χ1) is 9.43. The highest BCUT2D eigenvalue weighted by Crippen LogP contribution is 2.24. The fourth-order valence-corrected chi connectivity index (χ4v) is 1.84. The number of H-pyrrole nitrogens is 1. The number of imidazole rings is 1. The van der Waals surface area contributed by atoms with Crippen LogP contribution in [0.1, 0.15) is 35.9 Å². The Labute approximate surface area is 114 Å². The van der Waals surface area contributed by atoms with Crippen molar-refractivity contribution in [2.24, 2.45) is 0 Å². The third-order valence-electron chi connectivity index (χ3n) is 2.88. The second-order valence-electron chi connectivity index (χ2n) is 4.62. The summed E-state index contributed by atoms with van der Waals surface area (Å²) in [6, 6.07) is 3.43. The highest BCUT2D eigenvalue weighted by atomic mass is 19.2. The average molecular weight is 280 g/mol. The fraction of sp³-hybridized carbons (Fsp3) is 0.286. The van der Waals surface area contributed by atoms with Gasteiger partial charge in [-0.25, -0.2) is 18.6 Å². The first kappa shape index (κ1) is 14.2. The maximum atomic E-state index is 13.2. The number of halogens is 2. The molecule has 0 radical (unpaired) electrons. The highest BCUT2D eigenvalue weighted by molar-refractivity contribution is 5.89. The van der Waals surface area contributed by atoms with E-state index in [1.807, 2.05) is 13.8 Å². The molecule has 20 heavy (non-hydrogen) atoms. The van der Waals surface area contributed by atoms with Crippen molar-refractivity contribution in [3.8, 4) is 11.4 Å². The number of esters is 1. The predicted molar refractivity (Wildman–Crippen MR) is 69.4 cm³/mol. The van der Waals surface area contributed by atoms with E-state index in [0.29, 0.717) is 17.1 Å². The van der Waals surface area contributed by atoms with E-state index in [9.17, 15) is 13.6 Å². The van der Waals surface area contributed by atoms with Crippen molar-refractivity contribution in [2.75, 3.05) is 7.11 Å². The molecule has 0 aliphatic heterocycles. The zero-order chi connectivity index (χ0) is 14.9. The number of benzene rings is 1. The van der Waals surface area contributed by atoms with Gasteiger partial charge in [-0.05, 0) is 24.1 Å². The first-order valence-electron chi connectivity index (χ1n) is 6.07. The smallest absolute Gasteiger partial charge is 0.358 e. The third-order valence-corrected chi connectivity index (χ3v) is 2.88. The van der Waals surface area contributed by atoms with Crippen LogP contribution in [0.4, 0.5) is 8.78 Å². The lowest BCUT2D eigenvalue weighted by Gasteiger charge is -2.03. The molecule has 0 spiro atoms. The van der Waals surface area contributed by atoms with Crippen molar-refractivity contribution in [1.29, 1.82) is 0 Å². The number of carbonyl (C=O) groups excluding carboxylic acids is 1. The monoisotopic (exact) mass is 280 g/mol. The Balaban J connectivity index is 2.52. The minimum Gasteiger partial charge on any atom is -0.464 e. The van der Waals surface area contributed by atoms with Crippen LogP contribution in [0.2, 0.25) is 0 Å². The van der Waals surface area contributed by atoms with Gasteiger partial charge in [0.1, 0.15) is 5.82 Å².